The summed E-state index contributed by atoms with van der Waals surface area (Å²) in [5.41, 5.74) is 5.60. The minimum absolute atomic E-state index is 0.0444. The highest BCUT2D eigenvalue weighted by atomic mass is 32.1. The monoisotopic (exact) mass is 273 g/mol. The molecule has 0 saturated carbocycles. The number of nitrogens with one attached hydrogen (secondary N) is 1. The highest BCUT2D eigenvalue weighted by molar-refractivity contribution is 7.80. The first-order chi connectivity index (χ1) is 8.43. The molecule has 4 nitrogen and oxygen atoms in total. The van der Waals surface area contributed by atoms with E-state index in [1.165, 1.54) is 0 Å². The van der Waals surface area contributed by atoms with E-state index < -0.39 is 0 Å². The van der Waals surface area contributed by atoms with Gasteiger partial charge in [0.15, 0.2) is 0 Å². The second-order valence-electron chi connectivity index (χ2n) is 4.80. The highest BCUT2D eigenvalue weighted by Gasteiger charge is 2.24. The van der Waals surface area contributed by atoms with Gasteiger partial charge in [0.25, 0.3) is 0 Å². The van der Waals surface area contributed by atoms with Crippen LogP contribution in [0.2, 0.25) is 0 Å². The van der Waals surface area contributed by atoms with Gasteiger partial charge in [-0.1, -0.05) is 39.9 Å². The number of carbonyl (C=O) groups excluding carboxylic acids is 1. The van der Waals surface area contributed by atoms with Crippen LogP contribution in [0.25, 0.3) is 0 Å². The first-order valence-electron chi connectivity index (χ1n) is 6.73. The van der Waals surface area contributed by atoms with Gasteiger partial charge in [-0.05, 0) is 32.0 Å². The fourth-order valence-electron chi connectivity index (χ4n) is 1.92. The number of amides is 1. The topological polar surface area (TPSA) is 58.4 Å². The molecule has 0 radical (unpaired) electrons. The van der Waals surface area contributed by atoms with Crippen LogP contribution in [0.3, 0.4) is 0 Å². The molecule has 1 amide bonds. The molecule has 0 aliphatic rings. The Morgan fingerprint density at radius 1 is 1.33 bits per heavy atom. The Morgan fingerprint density at radius 3 is 2.28 bits per heavy atom. The van der Waals surface area contributed by atoms with Crippen LogP contribution in [0.5, 0.6) is 0 Å². The predicted octanol–water partition coefficient (Wildman–Crippen LogP) is 1.39. The van der Waals surface area contributed by atoms with Crippen molar-refractivity contribution in [1.29, 1.82) is 0 Å². The molecule has 0 heterocycles. The van der Waals surface area contributed by atoms with Crippen LogP contribution in [0, 0.1) is 11.8 Å². The minimum atomic E-state index is -0.353. The number of carbonyl (C=O) groups is 1. The number of rotatable bonds is 9. The van der Waals surface area contributed by atoms with E-state index >= 15 is 0 Å². The van der Waals surface area contributed by atoms with Gasteiger partial charge in [-0.15, -0.1) is 0 Å². The fourth-order valence-corrected chi connectivity index (χ4v) is 2.30. The molecule has 0 rings (SSSR count). The largest absolute Gasteiger partial charge is 0.393 e. The standard InChI is InChI=1S/C13H27N3OS/c1-5-16(6-2)9-7-8-15-13(17)11(10(3)4)12(14)18/h10-11H,5-9H2,1-4H3,(H2,14,18)(H,15,17). The quantitative estimate of drug-likeness (QED) is 0.492. The van der Waals surface area contributed by atoms with Crippen molar-refractivity contribution in [3.63, 3.8) is 0 Å². The Morgan fingerprint density at radius 2 is 1.89 bits per heavy atom. The van der Waals surface area contributed by atoms with Crippen LogP contribution in [0.15, 0.2) is 0 Å². The van der Waals surface area contributed by atoms with Gasteiger partial charge in [-0.3, -0.25) is 4.79 Å². The lowest BCUT2D eigenvalue weighted by molar-refractivity contribution is -0.123. The summed E-state index contributed by atoms with van der Waals surface area (Å²) in [6.45, 7) is 12.0. The molecule has 0 aromatic carbocycles. The molecule has 0 saturated heterocycles. The molecule has 5 heteroatoms. The number of nitrogens with two attached hydrogens (primary N) is 1. The van der Waals surface area contributed by atoms with Crippen molar-refractivity contribution in [2.75, 3.05) is 26.2 Å². The van der Waals surface area contributed by atoms with Crippen LogP contribution in [0.1, 0.15) is 34.1 Å². The van der Waals surface area contributed by atoms with Gasteiger partial charge < -0.3 is 16.0 Å². The van der Waals surface area contributed by atoms with E-state index in [9.17, 15) is 4.79 Å². The zero-order valence-corrected chi connectivity index (χ0v) is 12.8. The average Bonchev–Trinajstić information content (AvgIpc) is 2.28. The summed E-state index contributed by atoms with van der Waals surface area (Å²) in [4.78, 5) is 14.5. The first kappa shape index (κ1) is 17.3. The van der Waals surface area contributed by atoms with Crippen molar-refractivity contribution in [2.24, 2.45) is 17.6 Å². The van der Waals surface area contributed by atoms with E-state index in [1.54, 1.807) is 0 Å². The molecule has 0 bridgehead atoms. The summed E-state index contributed by atoms with van der Waals surface area (Å²) in [6.07, 6.45) is 0.954. The molecular formula is C13H27N3OS. The van der Waals surface area contributed by atoms with Crippen molar-refractivity contribution in [2.45, 2.75) is 34.1 Å². The van der Waals surface area contributed by atoms with Crippen molar-refractivity contribution in [3.05, 3.63) is 0 Å². The van der Waals surface area contributed by atoms with E-state index in [2.05, 4.69) is 24.1 Å². The van der Waals surface area contributed by atoms with Crippen molar-refractivity contribution in [1.82, 2.24) is 10.2 Å². The highest BCUT2D eigenvalue weighted by Crippen LogP contribution is 2.11. The van der Waals surface area contributed by atoms with Gasteiger partial charge in [0.2, 0.25) is 5.91 Å². The third kappa shape index (κ3) is 6.31. The molecule has 0 aromatic rings. The number of nitrogens with zero attached hydrogens (tertiary/aromatic N) is 1. The SMILES string of the molecule is CCN(CC)CCCNC(=O)C(C(N)=S)C(C)C. The Hall–Kier alpha value is -0.680. The lowest BCUT2D eigenvalue weighted by atomic mass is 9.95. The summed E-state index contributed by atoms with van der Waals surface area (Å²) in [7, 11) is 0. The molecule has 0 aliphatic heterocycles. The maximum Gasteiger partial charge on any atom is 0.230 e. The molecule has 106 valence electrons. The number of hydrogen-bond donors (Lipinski definition) is 2. The fraction of sp³-hybridized carbons (Fsp3) is 0.846. The smallest absolute Gasteiger partial charge is 0.230 e. The second-order valence-corrected chi connectivity index (χ2v) is 5.27. The average molecular weight is 273 g/mol. The van der Waals surface area contributed by atoms with Gasteiger partial charge in [0.1, 0.15) is 0 Å². The van der Waals surface area contributed by atoms with Crippen LogP contribution in [-0.2, 0) is 4.79 Å². The van der Waals surface area contributed by atoms with Crippen molar-refractivity contribution in [3.8, 4) is 0 Å². The summed E-state index contributed by atoms with van der Waals surface area (Å²) in [6, 6.07) is 0. The molecular weight excluding hydrogens is 246 g/mol. The molecule has 0 fully saturated rings. The Bertz CT molecular complexity index is 265. The minimum Gasteiger partial charge on any atom is -0.393 e. The third-order valence-electron chi connectivity index (χ3n) is 3.10. The third-order valence-corrected chi connectivity index (χ3v) is 3.35. The Balaban J connectivity index is 3.99. The van der Waals surface area contributed by atoms with Crippen molar-refractivity contribution < 1.29 is 4.79 Å². The maximum absolute atomic E-state index is 11.9. The summed E-state index contributed by atoms with van der Waals surface area (Å²) in [5, 5.41) is 2.92. The van der Waals surface area contributed by atoms with Crippen molar-refractivity contribution >= 4 is 23.1 Å². The molecule has 18 heavy (non-hydrogen) atoms. The first-order valence-corrected chi connectivity index (χ1v) is 7.14. The summed E-state index contributed by atoms with van der Waals surface area (Å²) >= 11 is 4.94. The van der Waals surface area contributed by atoms with E-state index in [1.807, 2.05) is 13.8 Å². The number of hydrogen-bond acceptors (Lipinski definition) is 3. The molecule has 0 aliphatic carbocycles. The molecule has 1 unspecified atom stereocenters. The van der Waals surface area contributed by atoms with Gasteiger partial charge in [0, 0.05) is 6.54 Å². The molecule has 0 aromatic heterocycles. The maximum atomic E-state index is 11.9. The van der Waals surface area contributed by atoms with Crippen LogP contribution < -0.4 is 11.1 Å². The Kier molecular flexibility index (Phi) is 8.93. The summed E-state index contributed by atoms with van der Waals surface area (Å²) in [5.74, 6) is -0.254. The van der Waals surface area contributed by atoms with E-state index in [0.29, 0.717) is 6.54 Å². The zero-order valence-electron chi connectivity index (χ0n) is 12.0. The van der Waals surface area contributed by atoms with Gasteiger partial charge in [0.05, 0.1) is 10.9 Å². The lowest BCUT2D eigenvalue weighted by Crippen LogP contribution is -2.41. The van der Waals surface area contributed by atoms with Crippen LogP contribution in [-0.4, -0.2) is 42.0 Å². The second kappa shape index (κ2) is 9.28. The Labute approximate surface area is 116 Å². The molecule has 0 spiro atoms. The predicted molar refractivity (Wildman–Crippen MR) is 80.5 cm³/mol. The molecule has 1 atom stereocenters. The zero-order chi connectivity index (χ0) is 14.1. The van der Waals surface area contributed by atoms with Crippen LogP contribution in [0.4, 0.5) is 0 Å². The van der Waals surface area contributed by atoms with Gasteiger partial charge in [-0.2, -0.15) is 0 Å². The lowest BCUT2D eigenvalue weighted by Gasteiger charge is -2.20. The van der Waals surface area contributed by atoms with E-state index in [-0.39, 0.29) is 22.7 Å². The van der Waals surface area contributed by atoms with Crippen LogP contribution >= 0.6 is 12.2 Å². The van der Waals surface area contributed by atoms with Gasteiger partial charge >= 0.3 is 0 Å². The molecule has 3 N–H and O–H groups in total. The van der Waals surface area contributed by atoms with E-state index in [4.69, 9.17) is 18.0 Å². The number of thiocarbonyl (C=S) groups is 1. The summed E-state index contributed by atoms with van der Waals surface area (Å²) < 4.78 is 0. The van der Waals surface area contributed by atoms with Gasteiger partial charge in [-0.25, -0.2) is 0 Å². The van der Waals surface area contributed by atoms with E-state index in [0.717, 1.165) is 26.1 Å². The normalized spacial score (nSPS) is 12.8.